The van der Waals surface area contributed by atoms with Crippen LogP contribution in [-0.2, 0) is 4.79 Å². The van der Waals surface area contributed by atoms with Crippen LogP contribution >= 0.6 is 0 Å². The Balaban J connectivity index is 1.66. The molecule has 0 aromatic heterocycles. The Kier molecular flexibility index (Phi) is 3.47. The maximum atomic E-state index is 12.1. The quantitative estimate of drug-likeness (QED) is 0.853. The van der Waals surface area contributed by atoms with E-state index in [2.05, 4.69) is 17.1 Å². The van der Waals surface area contributed by atoms with Crippen molar-refractivity contribution in [3.63, 3.8) is 0 Å². The van der Waals surface area contributed by atoms with Gasteiger partial charge < -0.3 is 9.64 Å². The lowest BCUT2D eigenvalue weighted by Gasteiger charge is -2.23. The molecule has 1 aromatic carbocycles. The molecule has 0 radical (unpaired) electrons. The molecule has 1 fully saturated rings. The molecule has 1 aromatic rings. The van der Waals surface area contributed by atoms with E-state index in [1.165, 1.54) is 11.3 Å². The van der Waals surface area contributed by atoms with Crippen LogP contribution in [-0.4, -0.2) is 25.3 Å². The Morgan fingerprint density at radius 2 is 2.22 bits per heavy atom. The second kappa shape index (κ2) is 5.52. The molecule has 3 atom stereocenters. The summed E-state index contributed by atoms with van der Waals surface area (Å²) in [6, 6.07) is 6.18. The van der Waals surface area contributed by atoms with Crippen LogP contribution in [0.3, 0.4) is 0 Å². The molecule has 3 aliphatic rings. The van der Waals surface area contributed by atoms with Crippen molar-refractivity contribution in [2.75, 3.05) is 18.1 Å². The van der Waals surface area contributed by atoms with Crippen LogP contribution in [0.15, 0.2) is 35.0 Å². The van der Waals surface area contributed by atoms with Crippen molar-refractivity contribution in [2.24, 2.45) is 16.8 Å². The van der Waals surface area contributed by atoms with E-state index >= 15 is 0 Å². The van der Waals surface area contributed by atoms with Crippen LogP contribution < -0.4 is 9.64 Å². The molecular formula is C19H22N2O2. The van der Waals surface area contributed by atoms with Gasteiger partial charge in [-0.2, -0.15) is 0 Å². The fourth-order valence-electron chi connectivity index (χ4n) is 3.99. The Morgan fingerprint density at radius 3 is 2.91 bits per heavy atom. The first-order valence-corrected chi connectivity index (χ1v) is 8.54. The molecule has 4 heteroatoms. The Hall–Kier alpha value is -2.10. The summed E-state index contributed by atoms with van der Waals surface area (Å²) in [5.74, 6) is 2.66. The number of aliphatic imine (C=N–C) groups is 1. The first-order chi connectivity index (χ1) is 11.2. The van der Waals surface area contributed by atoms with Crippen LogP contribution in [0.25, 0.3) is 0 Å². The lowest BCUT2D eigenvalue weighted by Crippen LogP contribution is -2.29. The van der Waals surface area contributed by atoms with Gasteiger partial charge in [0.1, 0.15) is 5.75 Å². The number of benzene rings is 1. The molecule has 0 saturated heterocycles. The number of amides is 1. The molecule has 23 heavy (non-hydrogen) atoms. The van der Waals surface area contributed by atoms with Gasteiger partial charge in [0.25, 0.3) is 0 Å². The fraction of sp³-hybridized carbons (Fsp3) is 0.474. The summed E-state index contributed by atoms with van der Waals surface area (Å²) in [4.78, 5) is 18.5. The number of ether oxygens (including phenoxy) is 1. The Labute approximate surface area is 136 Å². The summed E-state index contributed by atoms with van der Waals surface area (Å²) >= 11 is 0. The third-order valence-electron chi connectivity index (χ3n) is 5.20. The van der Waals surface area contributed by atoms with E-state index in [9.17, 15) is 4.79 Å². The first-order valence-electron chi connectivity index (χ1n) is 8.54. The number of fused-ring (bicyclic) bond motifs is 3. The van der Waals surface area contributed by atoms with Crippen LogP contribution in [0, 0.1) is 11.8 Å². The zero-order valence-electron chi connectivity index (χ0n) is 13.7. The lowest BCUT2D eigenvalue weighted by molar-refractivity contribution is -0.118. The molecule has 0 bridgehead atoms. The minimum absolute atomic E-state index is 0.163. The normalized spacial score (nSPS) is 26.9. The van der Waals surface area contributed by atoms with Crippen molar-refractivity contribution in [3.8, 4) is 5.75 Å². The number of hydrogen-bond acceptors (Lipinski definition) is 3. The fourth-order valence-corrected chi connectivity index (χ4v) is 3.99. The van der Waals surface area contributed by atoms with Gasteiger partial charge in [0.15, 0.2) is 0 Å². The van der Waals surface area contributed by atoms with E-state index in [4.69, 9.17) is 4.74 Å². The third kappa shape index (κ3) is 2.28. The molecule has 4 rings (SSSR count). The minimum atomic E-state index is 0.163. The number of carbonyl (C=O) groups is 1. The molecule has 0 unspecified atom stereocenters. The van der Waals surface area contributed by atoms with Gasteiger partial charge >= 0.3 is 0 Å². The highest BCUT2D eigenvalue weighted by atomic mass is 16.5. The monoisotopic (exact) mass is 310 g/mol. The maximum Gasteiger partial charge on any atom is 0.226 e. The van der Waals surface area contributed by atoms with E-state index in [-0.39, 0.29) is 5.91 Å². The van der Waals surface area contributed by atoms with E-state index < -0.39 is 0 Å². The highest BCUT2D eigenvalue weighted by Gasteiger charge is 2.56. The van der Waals surface area contributed by atoms with E-state index in [0.29, 0.717) is 30.7 Å². The van der Waals surface area contributed by atoms with E-state index in [1.807, 2.05) is 37.1 Å². The first kappa shape index (κ1) is 14.5. The Bertz CT molecular complexity index is 707. The average Bonchev–Trinajstić information content (AvgIpc) is 3.08. The van der Waals surface area contributed by atoms with Crippen LogP contribution in [0.1, 0.15) is 38.2 Å². The molecule has 1 amide bonds. The zero-order valence-corrected chi connectivity index (χ0v) is 13.7. The van der Waals surface area contributed by atoms with Crippen LogP contribution in [0.2, 0.25) is 0 Å². The van der Waals surface area contributed by atoms with E-state index in [0.717, 1.165) is 24.5 Å². The van der Waals surface area contributed by atoms with Gasteiger partial charge in [0, 0.05) is 60.3 Å². The molecular weight excluding hydrogens is 288 g/mol. The van der Waals surface area contributed by atoms with Crippen molar-refractivity contribution in [3.05, 3.63) is 35.5 Å². The summed E-state index contributed by atoms with van der Waals surface area (Å²) in [6.45, 7) is 5.40. The number of hydrogen-bond donors (Lipinski definition) is 0. The summed E-state index contributed by atoms with van der Waals surface area (Å²) in [6.07, 6.45) is 5.69. The lowest BCUT2D eigenvalue weighted by atomic mass is 10.0. The Morgan fingerprint density at radius 1 is 1.35 bits per heavy atom. The highest BCUT2D eigenvalue weighted by Crippen LogP contribution is 2.62. The maximum absolute atomic E-state index is 12.1. The smallest absolute Gasteiger partial charge is 0.226 e. The van der Waals surface area contributed by atoms with Gasteiger partial charge in [-0.25, -0.2) is 0 Å². The van der Waals surface area contributed by atoms with E-state index in [1.54, 1.807) is 0 Å². The SMILES string of the molecule is CCC(=O)N(CC)c1ccc2c(c1)[C@@H]1[C@H](CO2)[C@H]1C1=CCC=N1. The highest BCUT2D eigenvalue weighted by molar-refractivity contribution is 5.93. The molecule has 4 nitrogen and oxygen atoms in total. The predicted octanol–water partition coefficient (Wildman–Crippen LogP) is 3.53. The van der Waals surface area contributed by atoms with Gasteiger partial charge in [-0.05, 0) is 25.1 Å². The van der Waals surface area contributed by atoms with Crippen LogP contribution in [0.4, 0.5) is 5.69 Å². The summed E-state index contributed by atoms with van der Waals surface area (Å²) in [7, 11) is 0. The number of anilines is 1. The minimum Gasteiger partial charge on any atom is -0.493 e. The second-order valence-electron chi connectivity index (χ2n) is 6.42. The molecule has 0 N–H and O–H groups in total. The largest absolute Gasteiger partial charge is 0.493 e. The third-order valence-corrected chi connectivity index (χ3v) is 5.20. The summed E-state index contributed by atoms with van der Waals surface area (Å²) in [5, 5.41) is 0. The van der Waals surface area contributed by atoms with Crippen molar-refractivity contribution in [2.45, 2.75) is 32.6 Å². The molecule has 120 valence electrons. The van der Waals surface area contributed by atoms with Crippen LogP contribution in [0.5, 0.6) is 5.75 Å². The van der Waals surface area contributed by atoms with Gasteiger partial charge in [0.2, 0.25) is 5.91 Å². The number of carbonyl (C=O) groups excluding carboxylic acids is 1. The number of allylic oxidation sites excluding steroid dienone is 2. The molecule has 2 aliphatic heterocycles. The molecule has 2 heterocycles. The van der Waals surface area contributed by atoms with Gasteiger partial charge in [-0.15, -0.1) is 0 Å². The van der Waals surface area contributed by atoms with Gasteiger partial charge in [-0.3, -0.25) is 9.79 Å². The predicted molar refractivity (Wildman–Crippen MR) is 91.2 cm³/mol. The van der Waals surface area contributed by atoms with Gasteiger partial charge in [-0.1, -0.05) is 13.0 Å². The standard InChI is InChI=1S/C19H22N2O2/c1-3-17(22)21(4-2)12-7-8-16-13(10-12)18-14(11-23-16)19(18)15-6-5-9-20-15/h6-10,14,18-19H,3-5,11H2,1-2H3/t14-,18+,19-/m0/s1. The molecule has 1 saturated carbocycles. The van der Waals surface area contributed by atoms with Gasteiger partial charge in [0.05, 0.1) is 6.61 Å². The number of rotatable bonds is 4. The number of nitrogens with zero attached hydrogens (tertiary/aromatic N) is 2. The molecule has 0 spiro atoms. The average molecular weight is 310 g/mol. The summed E-state index contributed by atoms with van der Waals surface area (Å²) < 4.78 is 5.94. The summed E-state index contributed by atoms with van der Waals surface area (Å²) in [5.41, 5.74) is 3.45. The van der Waals surface area contributed by atoms with Crippen molar-refractivity contribution in [1.82, 2.24) is 0 Å². The molecule has 1 aliphatic carbocycles. The topological polar surface area (TPSA) is 41.9 Å². The zero-order chi connectivity index (χ0) is 16.0. The van der Waals surface area contributed by atoms with Crippen molar-refractivity contribution < 1.29 is 9.53 Å². The second-order valence-corrected chi connectivity index (χ2v) is 6.42. The van der Waals surface area contributed by atoms with Crippen molar-refractivity contribution >= 4 is 17.8 Å². The van der Waals surface area contributed by atoms with Crippen molar-refractivity contribution in [1.29, 1.82) is 0 Å².